The lowest BCUT2D eigenvalue weighted by molar-refractivity contribution is -0.121. The zero-order chi connectivity index (χ0) is 8.85. The second kappa shape index (κ2) is 4.30. The fourth-order valence-corrected chi connectivity index (χ4v) is 0.460. The average molecular weight is 153 g/mol. The molecule has 1 atom stereocenters. The topological polar surface area (TPSA) is 63.6 Å². The Morgan fingerprint density at radius 1 is 1.73 bits per heavy atom. The van der Waals surface area contributed by atoms with Crippen LogP contribution in [0.1, 0.15) is 6.92 Å². The smallest absolute Gasteiger partial charge is 0.236 e. The van der Waals surface area contributed by atoms with Crippen molar-refractivity contribution in [1.29, 1.82) is 0 Å². The van der Waals surface area contributed by atoms with Crippen LogP contribution in [0.25, 0.3) is 0 Å². The van der Waals surface area contributed by atoms with Gasteiger partial charge in [-0.05, 0) is 12.5 Å². The van der Waals surface area contributed by atoms with Crippen molar-refractivity contribution in [1.82, 2.24) is 0 Å². The lowest BCUT2D eigenvalue weighted by Gasteiger charge is -1.98. The Balaban J connectivity index is 4.50. The van der Waals surface area contributed by atoms with Crippen molar-refractivity contribution >= 4 is 18.1 Å². The highest BCUT2D eigenvalue weighted by Gasteiger charge is 2.16. The van der Waals surface area contributed by atoms with Gasteiger partial charge in [0, 0.05) is 0 Å². The van der Waals surface area contributed by atoms with Crippen LogP contribution < -0.4 is 0 Å². The second-order valence-corrected chi connectivity index (χ2v) is 1.95. The highest BCUT2D eigenvalue weighted by molar-refractivity contribution is 6.07. The largest absolute Gasteiger partial charge is 0.300 e. The van der Waals surface area contributed by atoms with E-state index in [2.05, 4.69) is 11.6 Å². The van der Waals surface area contributed by atoms with Crippen molar-refractivity contribution in [2.24, 2.45) is 4.99 Å². The number of hydrogen-bond donors (Lipinski definition) is 0. The number of Topliss-reactive ketones (excluding diaryl/α,β-unsaturated/α-hetero) is 1. The molecule has 0 heterocycles. The third-order valence-electron chi connectivity index (χ3n) is 1.01. The molecule has 0 amide bonds. The average Bonchev–Trinajstić information content (AvgIpc) is 1.98. The van der Waals surface area contributed by atoms with E-state index < -0.39 is 11.8 Å². The van der Waals surface area contributed by atoms with E-state index in [1.54, 1.807) is 0 Å². The molecule has 0 saturated carbocycles. The molecular weight excluding hydrogens is 146 g/mol. The van der Waals surface area contributed by atoms with Crippen molar-refractivity contribution in [3.05, 3.63) is 12.2 Å². The SMILES string of the molecule is C=C(C)C(=O)C(C=O)N=C=O. The Labute approximate surface area is 63.6 Å². The van der Waals surface area contributed by atoms with Crippen LogP contribution in [0.15, 0.2) is 17.1 Å². The van der Waals surface area contributed by atoms with Gasteiger partial charge in [0.05, 0.1) is 0 Å². The molecule has 0 aliphatic heterocycles. The third-order valence-corrected chi connectivity index (χ3v) is 1.01. The number of hydrogen-bond acceptors (Lipinski definition) is 4. The van der Waals surface area contributed by atoms with E-state index in [1.807, 2.05) is 0 Å². The molecule has 4 nitrogen and oxygen atoms in total. The molecule has 58 valence electrons. The minimum atomic E-state index is -1.26. The van der Waals surface area contributed by atoms with Crippen LogP contribution in [0.4, 0.5) is 0 Å². The number of aldehydes is 1. The van der Waals surface area contributed by atoms with Gasteiger partial charge in [-0.3, -0.25) is 4.79 Å². The summed E-state index contributed by atoms with van der Waals surface area (Å²) < 4.78 is 0. The standard InChI is InChI=1S/C7H7NO3/c1-5(2)7(11)6(3-9)8-4-10/h3,6H,1H2,2H3. The van der Waals surface area contributed by atoms with Crippen LogP contribution >= 0.6 is 0 Å². The first-order valence-electron chi connectivity index (χ1n) is 2.85. The highest BCUT2D eigenvalue weighted by Crippen LogP contribution is 1.97. The van der Waals surface area contributed by atoms with Crippen LogP contribution in [0.2, 0.25) is 0 Å². The second-order valence-electron chi connectivity index (χ2n) is 1.95. The molecule has 0 aliphatic rings. The third kappa shape index (κ3) is 2.69. The van der Waals surface area contributed by atoms with Gasteiger partial charge in [-0.2, -0.15) is 4.99 Å². The quantitative estimate of drug-likeness (QED) is 0.188. The molecule has 0 spiro atoms. The van der Waals surface area contributed by atoms with Crippen molar-refractivity contribution in [3.8, 4) is 0 Å². The van der Waals surface area contributed by atoms with Gasteiger partial charge in [0.1, 0.15) is 0 Å². The summed E-state index contributed by atoms with van der Waals surface area (Å²) >= 11 is 0. The molecule has 0 aromatic heterocycles. The summed E-state index contributed by atoms with van der Waals surface area (Å²) in [7, 11) is 0. The molecule has 0 aliphatic carbocycles. The van der Waals surface area contributed by atoms with Crippen molar-refractivity contribution in [2.45, 2.75) is 13.0 Å². The van der Waals surface area contributed by atoms with E-state index in [-0.39, 0.29) is 11.9 Å². The predicted octanol–water partition coefficient (Wildman–Crippen LogP) is 0.0349. The van der Waals surface area contributed by atoms with Gasteiger partial charge < -0.3 is 4.79 Å². The Morgan fingerprint density at radius 3 is 2.55 bits per heavy atom. The Kier molecular flexibility index (Phi) is 3.70. The summed E-state index contributed by atoms with van der Waals surface area (Å²) in [5.41, 5.74) is 0.195. The molecule has 0 bridgehead atoms. The lowest BCUT2D eigenvalue weighted by atomic mass is 10.1. The summed E-state index contributed by atoms with van der Waals surface area (Å²) in [6.07, 6.45) is 1.42. The van der Waals surface area contributed by atoms with Gasteiger partial charge in [0.15, 0.2) is 18.1 Å². The summed E-state index contributed by atoms with van der Waals surface area (Å²) in [6, 6.07) is -1.26. The van der Waals surface area contributed by atoms with Gasteiger partial charge >= 0.3 is 0 Å². The van der Waals surface area contributed by atoms with Gasteiger partial charge in [0.25, 0.3) is 0 Å². The minimum Gasteiger partial charge on any atom is -0.300 e. The molecule has 1 unspecified atom stereocenters. The van der Waals surface area contributed by atoms with E-state index in [1.165, 1.54) is 6.92 Å². The number of nitrogens with zero attached hydrogens (tertiary/aromatic N) is 1. The van der Waals surface area contributed by atoms with Crippen molar-refractivity contribution < 1.29 is 14.4 Å². The number of carbonyl (C=O) groups excluding carboxylic acids is 3. The maximum atomic E-state index is 10.9. The molecule has 0 aromatic rings. The fourth-order valence-electron chi connectivity index (χ4n) is 0.460. The summed E-state index contributed by atoms with van der Waals surface area (Å²) in [5.74, 6) is -0.552. The van der Waals surface area contributed by atoms with E-state index in [4.69, 9.17) is 0 Å². The zero-order valence-electron chi connectivity index (χ0n) is 6.03. The molecule has 0 N–H and O–H groups in total. The van der Waals surface area contributed by atoms with Crippen molar-refractivity contribution in [3.63, 3.8) is 0 Å². The van der Waals surface area contributed by atoms with E-state index in [0.717, 1.165) is 6.08 Å². The Morgan fingerprint density at radius 2 is 2.27 bits per heavy atom. The number of isocyanates is 1. The Hall–Kier alpha value is -1.54. The van der Waals surface area contributed by atoms with Crippen LogP contribution in [0.5, 0.6) is 0 Å². The van der Waals surface area contributed by atoms with Gasteiger partial charge in [-0.25, -0.2) is 4.79 Å². The molecule has 0 saturated heterocycles. The van der Waals surface area contributed by atoms with Crippen LogP contribution in [-0.4, -0.2) is 24.2 Å². The number of carbonyl (C=O) groups is 2. The number of aliphatic imine (C=N–C) groups is 1. The first kappa shape index (κ1) is 9.46. The molecule has 0 radical (unpaired) electrons. The minimum absolute atomic E-state index is 0.195. The molecule has 0 rings (SSSR count). The summed E-state index contributed by atoms with van der Waals surface area (Å²) in [4.78, 5) is 33.6. The Bertz CT molecular complexity index is 238. The molecule has 4 heteroatoms. The highest BCUT2D eigenvalue weighted by atomic mass is 16.1. The number of rotatable bonds is 4. The number of ketones is 1. The summed E-state index contributed by atoms with van der Waals surface area (Å²) in [5, 5.41) is 0. The maximum absolute atomic E-state index is 10.9. The fraction of sp³-hybridized carbons (Fsp3) is 0.286. The van der Waals surface area contributed by atoms with E-state index in [0.29, 0.717) is 0 Å². The van der Waals surface area contributed by atoms with Gasteiger partial charge in [-0.1, -0.05) is 6.58 Å². The zero-order valence-corrected chi connectivity index (χ0v) is 6.03. The molecule has 0 aromatic carbocycles. The monoisotopic (exact) mass is 153 g/mol. The maximum Gasteiger partial charge on any atom is 0.236 e. The summed E-state index contributed by atoms with van der Waals surface area (Å²) in [6.45, 7) is 4.75. The van der Waals surface area contributed by atoms with Crippen LogP contribution in [-0.2, 0) is 14.4 Å². The molecule has 0 fully saturated rings. The first-order valence-corrected chi connectivity index (χ1v) is 2.85. The lowest BCUT2D eigenvalue weighted by Crippen LogP contribution is -2.20. The van der Waals surface area contributed by atoms with Crippen molar-refractivity contribution in [2.75, 3.05) is 0 Å². The normalized spacial score (nSPS) is 11.0. The van der Waals surface area contributed by atoms with Gasteiger partial charge in [0.2, 0.25) is 6.08 Å². The molecular formula is C7H7NO3. The molecule has 11 heavy (non-hydrogen) atoms. The van der Waals surface area contributed by atoms with Crippen LogP contribution in [0.3, 0.4) is 0 Å². The van der Waals surface area contributed by atoms with Crippen LogP contribution in [0, 0.1) is 0 Å². The van der Waals surface area contributed by atoms with E-state index >= 15 is 0 Å². The van der Waals surface area contributed by atoms with Gasteiger partial charge in [-0.15, -0.1) is 0 Å². The first-order chi connectivity index (χ1) is 5.13. The van der Waals surface area contributed by atoms with E-state index in [9.17, 15) is 14.4 Å². The predicted molar refractivity (Wildman–Crippen MR) is 37.8 cm³/mol.